The molecule has 2 rings (SSSR count). The minimum atomic E-state index is -0.833. The number of aliphatic hydroxyl groups excluding tert-OH is 1. The minimum absolute atomic E-state index is 0.217. The summed E-state index contributed by atoms with van der Waals surface area (Å²) < 4.78 is 26.6. The van der Waals surface area contributed by atoms with Crippen molar-refractivity contribution in [1.82, 2.24) is 0 Å². The van der Waals surface area contributed by atoms with Gasteiger partial charge in [0.2, 0.25) is 0 Å². The quantitative estimate of drug-likeness (QED) is 0.813. The molecule has 0 amide bonds. The van der Waals surface area contributed by atoms with Gasteiger partial charge in [-0.15, -0.1) is 0 Å². The topological polar surface area (TPSA) is 20.2 Å². The first kappa shape index (κ1) is 13.5. The van der Waals surface area contributed by atoms with E-state index < -0.39 is 17.7 Å². The van der Waals surface area contributed by atoms with Crippen molar-refractivity contribution in [3.8, 4) is 0 Å². The second-order valence-corrected chi connectivity index (χ2v) is 5.24. The van der Waals surface area contributed by atoms with Crippen LogP contribution in [-0.2, 0) is 6.42 Å². The first-order valence-corrected chi connectivity index (χ1v) is 6.79. The van der Waals surface area contributed by atoms with Gasteiger partial charge < -0.3 is 5.11 Å². The lowest BCUT2D eigenvalue weighted by Gasteiger charge is -2.21. The molecule has 0 aliphatic heterocycles. The summed E-state index contributed by atoms with van der Waals surface area (Å²) in [7, 11) is 0. The molecule has 0 bridgehead atoms. The average molecular weight is 254 g/mol. The summed E-state index contributed by atoms with van der Waals surface area (Å²) in [6.45, 7) is 0. The van der Waals surface area contributed by atoms with Gasteiger partial charge in [-0.1, -0.05) is 37.8 Å². The van der Waals surface area contributed by atoms with Gasteiger partial charge in [0, 0.05) is 6.42 Å². The highest BCUT2D eigenvalue weighted by atomic mass is 19.2. The fourth-order valence-corrected chi connectivity index (χ4v) is 2.79. The van der Waals surface area contributed by atoms with Crippen LogP contribution in [0, 0.1) is 17.6 Å². The van der Waals surface area contributed by atoms with E-state index >= 15 is 0 Å². The number of benzene rings is 1. The zero-order valence-electron chi connectivity index (χ0n) is 10.5. The molecule has 1 atom stereocenters. The van der Waals surface area contributed by atoms with Gasteiger partial charge in [0.1, 0.15) is 0 Å². The lowest BCUT2D eigenvalue weighted by molar-refractivity contribution is 0.0976. The Balaban J connectivity index is 2.01. The Labute approximate surface area is 107 Å². The molecule has 1 aromatic carbocycles. The number of rotatable bonds is 3. The van der Waals surface area contributed by atoms with Crippen LogP contribution < -0.4 is 0 Å². The van der Waals surface area contributed by atoms with E-state index in [1.807, 2.05) is 0 Å². The van der Waals surface area contributed by atoms with E-state index in [-0.39, 0.29) is 17.9 Å². The molecule has 1 aromatic rings. The molecule has 0 heterocycles. The van der Waals surface area contributed by atoms with Crippen molar-refractivity contribution >= 4 is 0 Å². The lowest BCUT2D eigenvalue weighted by Crippen LogP contribution is -2.23. The zero-order chi connectivity index (χ0) is 13.0. The maximum Gasteiger partial charge on any atom is 0.162 e. The maximum atomic E-state index is 13.5. The van der Waals surface area contributed by atoms with Crippen molar-refractivity contribution in [2.24, 2.45) is 5.92 Å². The van der Waals surface area contributed by atoms with Crippen LogP contribution in [0.2, 0.25) is 0 Å². The van der Waals surface area contributed by atoms with Crippen LogP contribution in [-0.4, -0.2) is 11.2 Å². The molecule has 1 saturated carbocycles. The van der Waals surface area contributed by atoms with Crippen molar-refractivity contribution < 1.29 is 13.9 Å². The van der Waals surface area contributed by atoms with E-state index in [1.165, 1.54) is 18.9 Å². The van der Waals surface area contributed by atoms with Crippen LogP contribution >= 0.6 is 0 Å². The minimum Gasteiger partial charge on any atom is -0.392 e. The maximum absolute atomic E-state index is 13.5. The number of hydrogen-bond donors (Lipinski definition) is 1. The molecule has 1 nitrogen and oxygen atoms in total. The molecule has 100 valence electrons. The molecular weight excluding hydrogens is 234 g/mol. The average Bonchev–Trinajstić information content (AvgIpc) is 2.63. The van der Waals surface area contributed by atoms with Crippen LogP contribution in [0.5, 0.6) is 0 Å². The molecule has 1 unspecified atom stereocenters. The van der Waals surface area contributed by atoms with E-state index in [1.54, 1.807) is 6.07 Å². The van der Waals surface area contributed by atoms with Crippen LogP contribution in [0.1, 0.15) is 44.1 Å². The largest absolute Gasteiger partial charge is 0.392 e. The normalized spacial score (nSPS) is 19.5. The second kappa shape index (κ2) is 6.28. The zero-order valence-corrected chi connectivity index (χ0v) is 10.5. The van der Waals surface area contributed by atoms with Crippen molar-refractivity contribution in [2.75, 3.05) is 0 Å². The Morgan fingerprint density at radius 1 is 1.11 bits per heavy atom. The number of halogens is 2. The van der Waals surface area contributed by atoms with Crippen molar-refractivity contribution in [3.05, 3.63) is 35.4 Å². The molecule has 3 heteroatoms. The predicted molar refractivity (Wildman–Crippen MR) is 67.3 cm³/mol. The molecule has 1 aliphatic rings. The highest BCUT2D eigenvalue weighted by Gasteiger charge is 2.22. The van der Waals surface area contributed by atoms with Gasteiger partial charge in [-0.2, -0.15) is 0 Å². The molecule has 0 radical (unpaired) electrons. The fraction of sp³-hybridized carbons (Fsp3) is 0.600. The molecule has 1 N–H and O–H groups in total. The van der Waals surface area contributed by atoms with Gasteiger partial charge >= 0.3 is 0 Å². The molecule has 18 heavy (non-hydrogen) atoms. The van der Waals surface area contributed by atoms with E-state index in [4.69, 9.17) is 0 Å². The van der Waals surface area contributed by atoms with Crippen LogP contribution in [0.25, 0.3) is 0 Å². The summed E-state index contributed by atoms with van der Waals surface area (Å²) in [6.07, 6.45) is 6.36. The highest BCUT2D eigenvalue weighted by Crippen LogP contribution is 2.27. The lowest BCUT2D eigenvalue weighted by atomic mass is 9.90. The fourth-order valence-electron chi connectivity index (χ4n) is 2.79. The number of aliphatic hydroxyl groups is 1. The van der Waals surface area contributed by atoms with E-state index in [9.17, 15) is 13.9 Å². The van der Waals surface area contributed by atoms with Crippen molar-refractivity contribution in [1.29, 1.82) is 0 Å². The summed E-state index contributed by atoms with van der Waals surface area (Å²) in [5.41, 5.74) is 0.284. The number of hydrogen-bond acceptors (Lipinski definition) is 1. The Bertz CT molecular complexity index is 384. The standard InChI is InChI=1S/C15H20F2O/c16-13-9-5-8-12(15(13)17)10-14(18)11-6-3-1-2-4-7-11/h5,8-9,11,14,18H,1-4,6-7,10H2. The second-order valence-electron chi connectivity index (χ2n) is 5.24. The summed E-state index contributed by atoms with van der Waals surface area (Å²) in [4.78, 5) is 0. The Kier molecular flexibility index (Phi) is 4.70. The van der Waals surface area contributed by atoms with Crippen LogP contribution in [0.15, 0.2) is 18.2 Å². The monoisotopic (exact) mass is 254 g/mol. The summed E-state index contributed by atoms with van der Waals surface area (Å²) in [5.74, 6) is -1.42. The Morgan fingerprint density at radius 3 is 2.44 bits per heavy atom. The smallest absolute Gasteiger partial charge is 0.162 e. The molecule has 1 fully saturated rings. The third-order valence-corrected chi connectivity index (χ3v) is 3.90. The molecule has 1 aliphatic carbocycles. The third-order valence-electron chi connectivity index (χ3n) is 3.90. The van der Waals surface area contributed by atoms with Crippen LogP contribution in [0.4, 0.5) is 8.78 Å². The van der Waals surface area contributed by atoms with Gasteiger partial charge in [0.15, 0.2) is 11.6 Å². The highest BCUT2D eigenvalue weighted by molar-refractivity contribution is 5.19. The molecular formula is C15H20F2O. The molecule has 0 saturated heterocycles. The first-order chi connectivity index (χ1) is 8.68. The SMILES string of the molecule is OC(Cc1cccc(F)c1F)C1CCCCCC1. The summed E-state index contributed by atoms with van der Waals surface area (Å²) in [6, 6.07) is 4.16. The molecule has 0 spiro atoms. The van der Waals surface area contributed by atoms with Crippen molar-refractivity contribution in [2.45, 2.75) is 51.0 Å². The van der Waals surface area contributed by atoms with Crippen molar-refractivity contribution in [3.63, 3.8) is 0 Å². The van der Waals surface area contributed by atoms with Crippen LogP contribution in [0.3, 0.4) is 0 Å². The van der Waals surface area contributed by atoms with Gasteiger partial charge in [-0.25, -0.2) is 8.78 Å². The van der Waals surface area contributed by atoms with E-state index in [0.29, 0.717) is 0 Å². The van der Waals surface area contributed by atoms with Gasteiger partial charge in [-0.3, -0.25) is 0 Å². The van der Waals surface area contributed by atoms with E-state index in [0.717, 1.165) is 31.7 Å². The Hall–Kier alpha value is -0.960. The van der Waals surface area contributed by atoms with Gasteiger partial charge in [0.25, 0.3) is 0 Å². The van der Waals surface area contributed by atoms with Gasteiger partial charge in [0.05, 0.1) is 6.10 Å². The summed E-state index contributed by atoms with van der Waals surface area (Å²) in [5, 5.41) is 10.2. The molecule has 0 aromatic heterocycles. The summed E-state index contributed by atoms with van der Waals surface area (Å²) >= 11 is 0. The van der Waals surface area contributed by atoms with E-state index in [2.05, 4.69) is 0 Å². The predicted octanol–water partition coefficient (Wildman–Crippen LogP) is 3.84. The van der Waals surface area contributed by atoms with Gasteiger partial charge in [-0.05, 0) is 30.4 Å². The Morgan fingerprint density at radius 2 is 1.78 bits per heavy atom. The first-order valence-electron chi connectivity index (χ1n) is 6.79. The third kappa shape index (κ3) is 3.29.